The highest BCUT2D eigenvalue weighted by Crippen LogP contribution is 2.28. The van der Waals surface area contributed by atoms with E-state index in [2.05, 4.69) is 63.6 Å². The Hall–Kier alpha value is -1.83. The molecule has 2 aromatic rings. The van der Waals surface area contributed by atoms with Gasteiger partial charge in [-0.1, -0.05) is 29.8 Å². The molecule has 0 bridgehead atoms. The summed E-state index contributed by atoms with van der Waals surface area (Å²) in [6.07, 6.45) is 2.44. The largest absolute Gasteiger partial charge is 0.376 e. The smallest absolute Gasteiger partial charge is 0.173 e. The second kappa shape index (κ2) is 7.82. The van der Waals surface area contributed by atoms with Crippen molar-refractivity contribution in [2.24, 2.45) is 0 Å². The lowest BCUT2D eigenvalue weighted by molar-refractivity contribution is 0.0879. The molecule has 0 spiro atoms. The standard InChI is InChI=1S/C19H28N6O/c1-15-5-7-16(8-6-15)18(24-11-9-23(2)10-12-24)19-20-21-22-25(19)14-17-4-3-13-26-17/h5-8,17-18H,3-4,9-14H2,1-2H3/t17-,18-/m0/s1. The maximum atomic E-state index is 5.81. The zero-order chi connectivity index (χ0) is 17.9. The normalized spacial score (nSPS) is 23.4. The van der Waals surface area contributed by atoms with Gasteiger partial charge in [-0.15, -0.1) is 5.10 Å². The molecule has 3 heterocycles. The molecular formula is C19H28N6O. The summed E-state index contributed by atoms with van der Waals surface area (Å²) in [5, 5.41) is 12.7. The van der Waals surface area contributed by atoms with Gasteiger partial charge in [0.15, 0.2) is 5.82 Å². The van der Waals surface area contributed by atoms with Gasteiger partial charge >= 0.3 is 0 Å². The van der Waals surface area contributed by atoms with Crippen molar-refractivity contribution in [3.05, 3.63) is 41.2 Å². The Labute approximate surface area is 154 Å². The summed E-state index contributed by atoms with van der Waals surface area (Å²) in [6.45, 7) is 7.87. The average Bonchev–Trinajstić information content (AvgIpc) is 3.32. The van der Waals surface area contributed by atoms with Crippen LogP contribution in [0.3, 0.4) is 0 Å². The highest BCUT2D eigenvalue weighted by atomic mass is 16.5. The first-order valence-electron chi connectivity index (χ1n) is 9.57. The fourth-order valence-corrected chi connectivity index (χ4v) is 3.87. The predicted octanol–water partition coefficient (Wildman–Crippen LogP) is 1.50. The van der Waals surface area contributed by atoms with Crippen LogP contribution in [0, 0.1) is 6.92 Å². The molecular weight excluding hydrogens is 328 g/mol. The summed E-state index contributed by atoms with van der Waals surface area (Å²) in [5.41, 5.74) is 2.52. The molecule has 7 nitrogen and oxygen atoms in total. The van der Waals surface area contributed by atoms with E-state index in [1.54, 1.807) is 0 Å². The van der Waals surface area contributed by atoms with Gasteiger partial charge in [-0.05, 0) is 42.8 Å². The summed E-state index contributed by atoms with van der Waals surface area (Å²) in [4.78, 5) is 4.88. The molecule has 0 N–H and O–H groups in total. The summed E-state index contributed by atoms with van der Waals surface area (Å²) < 4.78 is 7.76. The summed E-state index contributed by atoms with van der Waals surface area (Å²) in [7, 11) is 2.18. The number of hydrogen-bond donors (Lipinski definition) is 0. The lowest BCUT2D eigenvalue weighted by Crippen LogP contribution is -2.46. The number of aromatic nitrogens is 4. The van der Waals surface area contributed by atoms with Crippen molar-refractivity contribution >= 4 is 0 Å². The third-order valence-corrected chi connectivity index (χ3v) is 5.50. The van der Waals surface area contributed by atoms with Crippen molar-refractivity contribution in [2.45, 2.75) is 38.5 Å². The maximum Gasteiger partial charge on any atom is 0.173 e. The number of hydrogen-bond acceptors (Lipinski definition) is 6. The van der Waals surface area contributed by atoms with Crippen LogP contribution in [0.25, 0.3) is 0 Å². The quantitative estimate of drug-likeness (QED) is 0.809. The summed E-state index contributed by atoms with van der Waals surface area (Å²) in [5.74, 6) is 0.925. The minimum Gasteiger partial charge on any atom is -0.376 e. The molecule has 2 aliphatic rings. The fourth-order valence-electron chi connectivity index (χ4n) is 3.87. The molecule has 0 radical (unpaired) electrons. The Bertz CT molecular complexity index is 701. The van der Waals surface area contributed by atoms with E-state index in [1.807, 2.05) is 4.68 Å². The Morgan fingerprint density at radius 1 is 1.15 bits per heavy atom. The van der Waals surface area contributed by atoms with E-state index in [0.717, 1.165) is 58.0 Å². The van der Waals surface area contributed by atoms with Gasteiger partial charge in [0, 0.05) is 32.8 Å². The van der Waals surface area contributed by atoms with Crippen LogP contribution >= 0.6 is 0 Å². The fraction of sp³-hybridized carbons (Fsp3) is 0.632. The van der Waals surface area contributed by atoms with Crippen LogP contribution in [-0.2, 0) is 11.3 Å². The predicted molar refractivity (Wildman–Crippen MR) is 98.9 cm³/mol. The molecule has 2 fully saturated rings. The zero-order valence-electron chi connectivity index (χ0n) is 15.7. The molecule has 2 saturated heterocycles. The van der Waals surface area contributed by atoms with E-state index in [0.29, 0.717) is 0 Å². The Balaban J connectivity index is 1.64. The molecule has 2 atom stereocenters. The van der Waals surface area contributed by atoms with E-state index < -0.39 is 0 Å². The molecule has 26 heavy (non-hydrogen) atoms. The van der Waals surface area contributed by atoms with Crippen LogP contribution < -0.4 is 0 Å². The topological polar surface area (TPSA) is 59.3 Å². The molecule has 7 heteroatoms. The van der Waals surface area contributed by atoms with Gasteiger partial charge in [-0.2, -0.15) is 0 Å². The number of rotatable bonds is 5. The number of nitrogens with zero attached hydrogens (tertiary/aromatic N) is 6. The van der Waals surface area contributed by atoms with Crippen molar-refractivity contribution in [1.29, 1.82) is 0 Å². The first-order valence-corrected chi connectivity index (χ1v) is 9.57. The zero-order valence-corrected chi connectivity index (χ0v) is 15.7. The van der Waals surface area contributed by atoms with E-state index in [9.17, 15) is 0 Å². The molecule has 0 saturated carbocycles. The summed E-state index contributed by atoms with van der Waals surface area (Å²) >= 11 is 0. The Morgan fingerprint density at radius 3 is 2.62 bits per heavy atom. The van der Waals surface area contributed by atoms with Gasteiger partial charge < -0.3 is 9.64 Å². The molecule has 4 rings (SSSR count). The summed E-state index contributed by atoms with van der Waals surface area (Å²) in [6, 6.07) is 8.85. The van der Waals surface area contributed by atoms with Gasteiger partial charge in [0.2, 0.25) is 0 Å². The van der Waals surface area contributed by atoms with Crippen molar-refractivity contribution in [1.82, 2.24) is 30.0 Å². The monoisotopic (exact) mass is 356 g/mol. The highest BCUT2D eigenvalue weighted by Gasteiger charge is 2.30. The van der Waals surface area contributed by atoms with Gasteiger partial charge in [-0.25, -0.2) is 4.68 Å². The first-order chi connectivity index (χ1) is 12.7. The highest BCUT2D eigenvalue weighted by molar-refractivity contribution is 5.28. The van der Waals surface area contributed by atoms with Gasteiger partial charge in [-0.3, -0.25) is 4.90 Å². The first kappa shape index (κ1) is 17.6. The number of benzene rings is 1. The van der Waals surface area contributed by atoms with Crippen LogP contribution in [0.15, 0.2) is 24.3 Å². The maximum absolute atomic E-state index is 5.81. The van der Waals surface area contributed by atoms with Crippen molar-refractivity contribution in [3.8, 4) is 0 Å². The molecule has 2 aliphatic heterocycles. The molecule has 0 unspecified atom stereocenters. The Kier molecular flexibility index (Phi) is 5.28. The van der Waals surface area contributed by atoms with Crippen molar-refractivity contribution < 1.29 is 4.74 Å². The van der Waals surface area contributed by atoms with Crippen LogP contribution in [0.2, 0.25) is 0 Å². The van der Waals surface area contributed by atoms with E-state index in [4.69, 9.17) is 4.74 Å². The third-order valence-electron chi connectivity index (χ3n) is 5.50. The average molecular weight is 356 g/mol. The SMILES string of the molecule is Cc1ccc([C@@H](c2nnnn2C[C@@H]2CCCO2)N2CCN(C)CC2)cc1. The second-order valence-corrected chi connectivity index (χ2v) is 7.51. The lowest BCUT2D eigenvalue weighted by Gasteiger charge is -2.37. The van der Waals surface area contributed by atoms with Crippen molar-refractivity contribution in [3.63, 3.8) is 0 Å². The minimum atomic E-state index is 0.0840. The molecule has 1 aromatic heterocycles. The number of ether oxygens (including phenoxy) is 1. The number of aryl methyl sites for hydroxylation is 1. The van der Waals surface area contributed by atoms with E-state index in [-0.39, 0.29) is 12.1 Å². The molecule has 1 aromatic carbocycles. The van der Waals surface area contributed by atoms with Gasteiger partial charge in [0.05, 0.1) is 18.7 Å². The number of likely N-dealkylation sites (N-methyl/N-ethyl adjacent to an activating group) is 1. The van der Waals surface area contributed by atoms with E-state index in [1.165, 1.54) is 11.1 Å². The number of tetrazole rings is 1. The molecule has 0 amide bonds. The number of piperazine rings is 1. The van der Waals surface area contributed by atoms with E-state index >= 15 is 0 Å². The van der Waals surface area contributed by atoms with Gasteiger partial charge in [0.25, 0.3) is 0 Å². The Morgan fingerprint density at radius 2 is 1.92 bits per heavy atom. The second-order valence-electron chi connectivity index (χ2n) is 7.51. The van der Waals surface area contributed by atoms with Crippen molar-refractivity contribution in [2.75, 3.05) is 39.8 Å². The van der Waals surface area contributed by atoms with Crippen LogP contribution in [0.5, 0.6) is 0 Å². The molecule has 0 aliphatic carbocycles. The third kappa shape index (κ3) is 3.79. The molecule has 140 valence electrons. The minimum absolute atomic E-state index is 0.0840. The van der Waals surface area contributed by atoms with Crippen LogP contribution in [0.1, 0.15) is 35.8 Å². The van der Waals surface area contributed by atoms with Crippen LogP contribution in [0.4, 0.5) is 0 Å². The van der Waals surface area contributed by atoms with Crippen LogP contribution in [-0.4, -0.2) is 75.9 Å². The lowest BCUT2D eigenvalue weighted by atomic mass is 10.0. The van der Waals surface area contributed by atoms with Gasteiger partial charge in [0.1, 0.15) is 0 Å².